The summed E-state index contributed by atoms with van der Waals surface area (Å²) >= 11 is 0. The number of aryl methyl sites for hydroxylation is 2. The van der Waals surface area contributed by atoms with Gasteiger partial charge in [0.25, 0.3) is 0 Å². The third-order valence-electron chi connectivity index (χ3n) is 2.94. The molecule has 1 aromatic heterocycles. The largest absolute Gasteiger partial charge is 0.365 e. The molecule has 1 aliphatic rings. The average molecular weight is 234 g/mol. The summed E-state index contributed by atoms with van der Waals surface area (Å²) < 4.78 is 0. The zero-order valence-corrected chi connectivity index (χ0v) is 10.5. The van der Waals surface area contributed by atoms with Gasteiger partial charge in [0.2, 0.25) is 5.91 Å². The molecule has 1 fully saturated rings. The minimum Gasteiger partial charge on any atom is -0.365 e. The number of hydrogen-bond donors (Lipinski definition) is 1. The molecule has 17 heavy (non-hydrogen) atoms. The van der Waals surface area contributed by atoms with Crippen molar-refractivity contribution in [3.05, 3.63) is 17.6 Å². The van der Waals surface area contributed by atoms with Crippen molar-refractivity contribution >= 4 is 11.7 Å². The maximum absolute atomic E-state index is 11.4. The number of carbonyl (C=O) groups excluding carboxylic acids is 1. The lowest BCUT2D eigenvalue weighted by atomic mass is 10.1. The van der Waals surface area contributed by atoms with Crippen LogP contribution in [0.5, 0.6) is 0 Å². The molecular weight excluding hydrogens is 216 g/mol. The highest BCUT2D eigenvalue weighted by atomic mass is 16.2. The SMILES string of the molecule is Cc1cc(N[C@H]2CCC(=O)N(C)C2)nc(C)n1. The van der Waals surface area contributed by atoms with Crippen LogP contribution in [0.1, 0.15) is 24.4 Å². The Kier molecular flexibility index (Phi) is 3.26. The number of nitrogens with zero attached hydrogens (tertiary/aromatic N) is 3. The predicted octanol–water partition coefficient (Wildman–Crippen LogP) is 1.13. The van der Waals surface area contributed by atoms with Gasteiger partial charge in [-0.1, -0.05) is 0 Å². The summed E-state index contributed by atoms with van der Waals surface area (Å²) in [6.45, 7) is 4.58. The lowest BCUT2D eigenvalue weighted by Gasteiger charge is -2.30. The minimum absolute atomic E-state index is 0.220. The highest BCUT2D eigenvalue weighted by molar-refractivity contribution is 5.77. The Balaban J connectivity index is 2.03. The molecule has 2 rings (SSSR count). The number of anilines is 1. The zero-order valence-electron chi connectivity index (χ0n) is 10.5. The van der Waals surface area contributed by atoms with Gasteiger partial charge >= 0.3 is 0 Å². The van der Waals surface area contributed by atoms with Crippen LogP contribution >= 0.6 is 0 Å². The van der Waals surface area contributed by atoms with Crippen LogP contribution in [0.25, 0.3) is 0 Å². The van der Waals surface area contributed by atoms with Crippen molar-refractivity contribution in [3.8, 4) is 0 Å². The van der Waals surface area contributed by atoms with Crippen LogP contribution in [-0.2, 0) is 4.79 Å². The van der Waals surface area contributed by atoms with Crippen molar-refractivity contribution in [1.82, 2.24) is 14.9 Å². The van der Waals surface area contributed by atoms with Crippen LogP contribution in [0.15, 0.2) is 6.07 Å². The van der Waals surface area contributed by atoms with Gasteiger partial charge < -0.3 is 10.2 Å². The number of amides is 1. The van der Waals surface area contributed by atoms with Gasteiger partial charge in [-0.3, -0.25) is 4.79 Å². The lowest BCUT2D eigenvalue weighted by Crippen LogP contribution is -2.43. The monoisotopic (exact) mass is 234 g/mol. The smallest absolute Gasteiger partial charge is 0.222 e. The van der Waals surface area contributed by atoms with Crippen molar-refractivity contribution in [2.45, 2.75) is 32.7 Å². The summed E-state index contributed by atoms with van der Waals surface area (Å²) in [5.74, 6) is 1.84. The fraction of sp³-hybridized carbons (Fsp3) is 0.583. The van der Waals surface area contributed by atoms with E-state index in [2.05, 4.69) is 15.3 Å². The third kappa shape index (κ3) is 2.93. The normalized spacial score (nSPS) is 20.5. The molecule has 0 unspecified atom stereocenters. The number of piperidine rings is 1. The van der Waals surface area contributed by atoms with E-state index < -0.39 is 0 Å². The maximum atomic E-state index is 11.4. The average Bonchev–Trinajstić information content (AvgIpc) is 2.22. The Labute approximate surface area is 101 Å². The highest BCUT2D eigenvalue weighted by Gasteiger charge is 2.22. The number of likely N-dealkylation sites (tertiary alicyclic amines) is 1. The van der Waals surface area contributed by atoms with Crippen LogP contribution in [-0.4, -0.2) is 40.4 Å². The predicted molar refractivity (Wildman–Crippen MR) is 65.8 cm³/mol. The summed E-state index contributed by atoms with van der Waals surface area (Å²) in [7, 11) is 1.84. The highest BCUT2D eigenvalue weighted by Crippen LogP contribution is 2.15. The van der Waals surface area contributed by atoms with E-state index in [1.807, 2.05) is 27.0 Å². The van der Waals surface area contributed by atoms with Crippen LogP contribution in [0.4, 0.5) is 5.82 Å². The zero-order chi connectivity index (χ0) is 12.4. The molecule has 92 valence electrons. The van der Waals surface area contributed by atoms with Crippen LogP contribution in [0.2, 0.25) is 0 Å². The number of carbonyl (C=O) groups is 1. The number of nitrogens with one attached hydrogen (secondary N) is 1. The van der Waals surface area contributed by atoms with E-state index in [1.165, 1.54) is 0 Å². The summed E-state index contributed by atoms with van der Waals surface area (Å²) in [5, 5.41) is 3.37. The Bertz CT molecular complexity index is 412. The van der Waals surface area contributed by atoms with Gasteiger partial charge in [0.05, 0.1) is 0 Å². The van der Waals surface area contributed by atoms with E-state index in [-0.39, 0.29) is 11.9 Å². The second kappa shape index (κ2) is 4.69. The lowest BCUT2D eigenvalue weighted by molar-refractivity contribution is -0.132. The fourth-order valence-electron chi connectivity index (χ4n) is 2.13. The molecule has 1 N–H and O–H groups in total. The van der Waals surface area contributed by atoms with E-state index in [9.17, 15) is 4.79 Å². The molecule has 0 aliphatic carbocycles. The second-order valence-electron chi connectivity index (χ2n) is 4.60. The summed E-state index contributed by atoms with van der Waals surface area (Å²) in [5.41, 5.74) is 0.959. The van der Waals surface area contributed by atoms with Crippen LogP contribution in [0, 0.1) is 13.8 Å². The first-order valence-corrected chi connectivity index (χ1v) is 5.87. The molecule has 1 atom stereocenters. The Hall–Kier alpha value is -1.65. The number of likely N-dealkylation sites (N-methyl/N-ethyl adjacent to an activating group) is 1. The molecule has 0 spiro atoms. The van der Waals surface area contributed by atoms with Crippen molar-refractivity contribution < 1.29 is 4.79 Å². The molecule has 1 saturated heterocycles. The van der Waals surface area contributed by atoms with Crippen molar-refractivity contribution in [1.29, 1.82) is 0 Å². The molecule has 0 aromatic carbocycles. The van der Waals surface area contributed by atoms with Crippen molar-refractivity contribution in [2.24, 2.45) is 0 Å². The Morgan fingerprint density at radius 1 is 1.41 bits per heavy atom. The van der Waals surface area contributed by atoms with E-state index in [0.717, 1.165) is 30.3 Å². The standard InChI is InChI=1S/C12H18N4O/c1-8-6-11(14-9(2)13-8)15-10-4-5-12(17)16(3)7-10/h6,10H,4-5,7H2,1-3H3,(H,13,14,15)/t10-/m0/s1. The van der Waals surface area contributed by atoms with Gasteiger partial charge in [-0.15, -0.1) is 0 Å². The molecule has 2 heterocycles. The molecule has 1 aliphatic heterocycles. The maximum Gasteiger partial charge on any atom is 0.222 e. The van der Waals surface area contributed by atoms with Gasteiger partial charge in [0.1, 0.15) is 11.6 Å². The number of hydrogen-bond acceptors (Lipinski definition) is 4. The van der Waals surface area contributed by atoms with E-state index >= 15 is 0 Å². The summed E-state index contributed by atoms with van der Waals surface area (Å²) in [4.78, 5) is 21.7. The van der Waals surface area contributed by atoms with Crippen molar-refractivity contribution in [3.63, 3.8) is 0 Å². The third-order valence-corrected chi connectivity index (χ3v) is 2.94. The fourth-order valence-corrected chi connectivity index (χ4v) is 2.13. The molecular formula is C12H18N4O. The molecule has 0 saturated carbocycles. The molecule has 1 aromatic rings. The van der Waals surface area contributed by atoms with Crippen LogP contribution < -0.4 is 5.32 Å². The first-order valence-electron chi connectivity index (χ1n) is 5.87. The Morgan fingerprint density at radius 3 is 2.82 bits per heavy atom. The Morgan fingerprint density at radius 2 is 2.18 bits per heavy atom. The molecule has 1 amide bonds. The minimum atomic E-state index is 0.220. The molecule has 5 heteroatoms. The summed E-state index contributed by atoms with van der Waals surface area (Å²) in [6.07, 6.45) is 1.47. The number of aromatic nitrogens is 2. The first-order chi connectivity index (χ1) is 8.04. The van der Waals surface area contributed by atoms with E-state index in [0.29, 0.717) is 6.42 Å². The van der Waals surface area contributed by atoms with Gasteiger partial charge in [-0.2, -0.15) is 0 Å². The van der Waals surface area contributed by atoms with Gasteiger partial charge in [0.15, 0.2) is 0 Å². The summed E-state index contributed by atoms with van der Waals surface area (Å²) in [6, 6.07) is 2.22. The van der Waals surface area contributed by atoms with E-state index in [4.69, 9.17) is 0 Å². The molecule has 0 radical (unpaired) electrons. The topological polar surface area (TPSA) is 58.1 Å². The quantitative estimate of drug-likeness (QED) is 0.833. The number of rotatable bonds is 2. The van der Waals surface area contributed by atoms with Gasteiger partial charge in [0, 0.05) is 37.8 Å². The van der Waals surface area contributed by atoms with Gasteiger partial charge in [-0.25, -0.2) is 9.97 Å². The van der Waals surface area contributed by atoms with E-state index in [1.54, 1.807) is 4.90 Å². The molecule has 5 nitrogen and oxygen atoms in total. The first kappa shape index (κ1) is 11.8. The van der Waals surface area contributed by atoms with Gasteiger partial charge in [-0.05, 0) is 20.3 Å². The van der Waals surface area contributed by atoms with Crippen LogP contribution in [0.3, 0.4) is 0 Å². The molecule has 0 bridgehead atoms. The second-order valence-corrected chi connectivity index (χ2v) is 4.60. The van der Waals surface area contributed by atoms with Crippen molar-refractivity contribution in [2.75, 3.05) is 18.9 Å².